The van der Waals surface area contributed by atoms with Gasteiger partial charge in [0.25, 0.3) is 0 Å². The molecule has 6 nitrogen and oxygen atoms in total. The van der Waals surface area contributed by atoms with Gasteiger partial charge in [-0.15, -0.1) is 10.2 Å². The van der Waals surface area contributed by atoms with Crippen LogP contribution in [-0.2, 0) is 23.3 Å². The highest BCUT2D eigenvalue weighted by Gasteiger charge is 2.29. The van der Waals surface area contributed by atoms with Gasteiger partial charge in [0.05, 0.1) is 17.3 Å². The number of thioether (sulfide) groups is 1. The van der Waals surface area contributed by atoms with E-state index in [0.717, 1.165) is 16.6 Å². The highest BCUT2D eigenvalue weighted by Crippen LogP contribution is 2.25. The van der Waals surface area contributed by atoms with E-state index in [4.69, 9.17) is 0 Å². The van der Waals surface area contributed by atoms with Crippen LogP contribution in [0.15, 0.2) is 47.6 Å². The molecular weight excluding hydrogens is 394 g/mol. The minimum atomic E-state index is -2.90. The Morgan fingerprint density at radius 3 is 2.75 bits per heavy atom. The average Bonchev–Trinajstić information content (AvgIpc) is 3.21. The third kappa shape index (κ3) is 3.98. The number of hydrogen-bond donors (Lipinski definition) is 0. The van der Waals surface area contributed by atoms with E-state index in [1.54, 1.807) is 0 Å². The maximum absolute atomic E-state index is 12.8. The molecule has 0 unspecified atom stereocenters. The summed E-state index contributed by atoms with van der Waals surface area (Å²) in [6, 6.07) is 13.6. The summed E-state index contributed by atoms with van der Waals surface area (Å²) in [6.07, 6.45) is 1.28. The average molecular weight is 416 g/mol. The first-order chi connectivity index (χ1) is 13.4. The summed E-state index contributed by atoms with van der Waals surface area (Å²) in [6.45, 7) is 0. The zero-order valence-electron chi connectivity index (χ0n) is 15.5. The molecule has 4 rings (SSSR count). The fraction of sp³-hybridized carbons (Fsp3) is 0.350. The summed E-state index contributed by atoms with van der Waals surface area (Å²) in [5.74, 6) is 1.68. The zero-order chi connectivity index (χ0) is 19.7. The highest BCUT2D eigenvalue weighted by molar-refractivity contribution is 7.99. The molecule has 0 bridgehead atoms. The summed E-state index contributed by atoms with van der Waals surface area (Å²) in [5, 5.41) is 11.1. The van der Waals surface area contributed by atoms with Crippen LogP contribution in [0.25, 0.3) is 10.8 Å². The van der Waals surface area contributed by atoms with Crippen LogP contribution in [0.2, 0.25) is 0 Å². The lowest BCUT2D eigenvalue weighted by Crippen LogP contribution is -2.11. The maximum atomic E-state index is 12.8. The third-order valence-corrected chi connectivity index (χ3v) is 8.00. The molecule has 1 aliphatic heterocycles. The second-order valence-electron chi connectivity index (χ2n) is 7.17. The second kappa shape index (κ2) is 7.67. The Hall–Kier alpha value is -2.19. The van der Waals surface area contributed by atoms with Crippen LogP contribution in [0.4, 0.5) is 0 Å². The van der Waals surface area contributed by atoms with Crippen molar-refractivity contribution in [2.24, 2.45) is 13.0 Å². The van der Waals surface area contributed by atoms with Crippen LogP contribution in [0.1, 0.15) is 22.6 Å². The first kappa shape index (κ1) is 19.1. The number of rotatable bonds is 6. The Kier molecular flexibility index (Phi) is 5.25. The van der Waals surface area contributed by atoms with Gasteiger partial charge in [0.15, 0.2) is 20.8 Å². The normalized spacial score (nSPS) is 18.5. The molecule has 1 fully saturated rings. The van der Waals surface area contributed by atoms with Gasteiger partial charge >= 0.3 is 0 Å². The minimum Gasteiger partial charge on any atom is -0.309 e. The van der Waals surface area contributed by atoms with Crippen molar-refractivity contribution in [1.29, 1.82) is 0 Å². The van der Waals surface area contributed by atoms with Gasteiger partial charge in [-0.3, -0.25) is 4.79 Å². The molecule has 8 heteroatoms. The predicted octanol–water partition coefficient (Wildman–Crippen LogP) is 2.92. The topological polar surface area (TPSA) is 81.9 Å². The molecule has 2 heterocycles. The van der Waals surface area contributed by atoms with Crippen molar-refractivity contribution in [3.05, 3.63) is 53.9 Å². The summed E-state index contributed by atoms with van der Waals surface area (Å²) < 4.78 is 25.2. The molecule has 1 saturated heterocycles. The summed E-state index contributed by atoms with van der Waals surface area (Å²) in [7, 11) is -1.03. The molecule has 1 aromatic heterocycles. The van der Waals surface area contributed by atoms with Crippen LogP contribution in [0.5, 0.6) is 0 Å². The van der Waals surface area contributed by atoms with Gasteiger partial charge in [-0.05, 0) is 23.1 Å². The highest BCUT2D eigenvalue weighted by atomic mass is 32.2. The number of carbonyl (C=O) groups is 1. The number of sulfone groups is 1. The molecule has 0 aliphatic carbocycles. The Morgan fingerprint density at radius 1 is 1.18 bits per heavy atom. The largest absolute Gasteiger partial charge is 0.309 e. The Morgan fingerprint density at radius 2 is 1.96 bits per heavy atom. The molecule has 28 heavy (non-hydrogen) atoms. The molecule has 1 atom stereocenters. The predicted molar refractivity (Wildman–Crippen MR) is 110 cm³/mol. The molecule has 0 N–H and O–H groups in total. The smallest absolute Gasteiger partial charge is 0.191 e. The number of carbonyl (C=O) groups excluding carboxylic acids is 1. The molecule has 2 aromatic carbocycles. The van der Waals surface area contributed by atoms with E-state index in [1.807, 2.05) is 54.1 Å². The molecule has 0 saturated carbocycles. The minimum absolute atomic E-state index is 0.0493. The Bertz CT molecular complexity index is 1130. The number of Topliss-reactive ketones (excluding diaryl/α,β-unsaturated/α-hetero) is 1. The second-order valence-corrected chi connectivity index (χ2v) is 10.3. The van der Waals surface area contributed by atoms with E-state index in [0.29, 0.717) is 23.6 Å². The fourth-order valence-corrected chi connectivity index (χ4v) is 6.29. The van der Waals surface area contributed by atoms with E-state index in [2.05, 4.69) is 10.2 Å². The molecule has 0 amide bonds. The third-order valence-electron chi connectivity index (χ3n) is 5.15. The van der Waals surface area contributed by atoms with Crippen molar-refractivity contribution < 1.29 is 13.2 Å². The van der Waals surface area contributed by atoms with Gasteiger partial charge in [-0.2, -0.15) is 0 Å². The van der Waals surface area contributed by atoms with Crippen molar-refractivity contribution in [2.45, 2.75) is 18.0 Å². The molecule has 0 radical (unpaired) electrons. The first-order valence-electron chi connectivity index (χ1n) is 9.15. The number of fused-ring (bicyclic) bond motifs is 1. The Balaban J connectivity index is 1.44. The van der Waals surface area contributed by atoms with Gasteiger partial charge in [0, 0.05) is 19.0 Å². The van der Waals surface area contributed by atoms with Crippen molar-refractivity contribution in [3.8, 4) is 0 Å². The van der Waals surface area contributed by atoms with Crippen LogP contribution < -0.4 is 0 Å². The fourth-order valence-electron chi connectivity index (χ4n) is 3.62. The lowest BCUT2D eigenvalue weighted by Gasteiger charge is -2.08. The molecule has 3 aromatic rings. The number of benzene rings is 2. The van der Waals surface area contributed by atoms with Crippen LogP contribution in [0, 0.1) is 5.92 Å². The number of nitrogens with zero attached hydrogens (tertiary/aromatic N) is 3. The molecular formula is C20H21N3O3S2. The van der Waals surface area contributed by atoms with E-state index in [-0.39, 0.29) is 29.0 Å². The van der Waals surface area contributed by atoms with E-state index >= 15 is 0 Å². The van der Waals surface area contributed by atoms with Crippen molar-refractivity contribution in [3.63, 3.8) is 0 Å². The standard InChI is InChI=1S/C20H21N3O3S2/c1-23-19(11-14-9-10-28(25,26)13-14)21-22-20(23)27-12-18(24)17-8-4-6-15-5-2-3-7-16(15)17/h2-8,14H,9-13H2,1H3/t14-/m1/s1. The molecule has 0 spiro atoms. The van der Waals surface area contributed by atoms with Crippen molar-refractivity contribution in [1.82, 2.24) is 14.8 Å². The van der Waals surface area contributed by atoms with E-state index in [1.165, 1.54) is 11.8 Å². The lowest BCUT2D eigenvalue weighted by atomic mass is 10.0. The number of ketones is 1. The van der Waals surface area contributed by atoms with Crippen molar-refractivity contribution in [2.75, 3.05) is 17.3 Å². The van der Waals surface area contributed by atoms with Gasteiger partial charge in [-0.1, -0.05) is 54.2 Å². The lowest BCUT2D eigenvalue weighted by molar-refractivity contribution is 0.102. The van der Waals surface area contributed by atoms with Crippen LogP contribution >= 0.6 is 11.8 Å². The number of aromatic nitrogens is 3. The van der Waals surface area contributed by atoms with Gasteiger partial charge in [-0.25, -0.2) is 8.42 Å². The summed E-state index contributed by atoms with van der Waals surface area (Å²) in [5.41, 5.74) is 0.712. The summed E-state index contributed by atoms with van der Waals surface area (Å²) >= 11 is 1.36. The Labute approximate surface area is 168 Å². The van der Waals surface area contributed by atoms with E-state index in [9.17, 15) is 13.2 Å². The van der Waals surface area contributed by atoms with Gasteiger partial charge in [0.2, 0.25) is 0 Å². The van der Waals surface area contributed by atoms with Gasteiger partial charge < -0.3 is 4.57 Å². The maximum Gasteiger partial charge on any atom is 0.191 e. The zero-order valence-corrected chi connectivity index (χ0v) is 17.2. The van der Waals surface area contributed by atoms with Gasteiger partial charge in [0.1, 0.15) is 5.82 Å². The van der Waals surface area contributed by atoms with Crippen LogP contribution in [0.3, 0.4) is 0 Å². The quantitative estimate of drug-likeness (QED) is 0.455. The van der Waals surface area contributed by atoms with E-state index < -0.39 is 9.84 Å². The first-order valence-corrected chi connectivity index (χ1v) is 12.0. The molecule has 146 valence electrons. The van der Waals surface area contributed by atoms with Crippen LogP contribution in [-0.4, -0.2) is 46.2 Å². The number of hydrogen-bond acceptors (Lipinski definition) is 6. The SMILES string of the molecule is Cn1c(C[C@H]2CCS(=O)(=O)C2)nnc1SCC(=O)c1cccc2ccccc12. The molecule has 1 aliphatic rings. The summed E-state index contributed by atoms with van der Waals surface area (Å²) in [4.78, 5) is 12.8. The monoisotopic (exact) mass is 415 g/mol. The van der Waals surface area contributed by atoms with Crippen molar-refractivity contribution >= 4 is 38.2 Å².